The Labute approximate surface area is 124 Å². The van der Waals surface area contributed by atoms with Crippen LogP contribution in [0.25, 0.3) is 0 Å². The minimum atomic E-state index is -1.01. The van der Waals surface area contributed by atoms with Gasteiger partial charge in [-0.3, -0.25) is 4.79 Å². The summed E-state index contributed by atoms with van der Waals surface area (Å²) in [6.07, 6.45) is 0.699. The van der Waals surface area contributed by atoms with Crippen molar-refractivity contribution in [2.45, 2.75) is 13.3 Å². The van der Waals surface area contributed by atoms with Gasteiger partial charge in [-0.1, -0.05) is 19.1 Å². The Morgan fingerprint density at radius 1 is 1.29 bits per heavy atom. The molecule has 0 saturated carbocycles. The predicted octanol–water partition coefficient (Wildman–Crippen LogP) is 1.09. The Bertz CT molecular complexity index is 458. The number of carboxylic acid groups (broad SMARTS) is 1. The average molecular weight is 295 g/mol. The Kier molecular flexibility index (Phi) is 7.25. The minimum Gasteiger partial charge on any atom is -0.482 e. The van der Waals surface area contributed by atoms with Crippen molar-refractivity contribution in [3.8, 4) is 5.75 Å². The zero-order chi connectivity index (χ0) is 15.7. The molecule has 2 N–H and O–H groups in total. The molecule has 6 heteroatoms. The van der Waals surface area contributed by atoms with Crippen molar-refractivity contribution >= 4 is 11.9 Å². The lowest BCUT2D eigenvalue weighted by Crippen LogP contribution is -2.32. The molecule has 1 amide bonds. The van der Waals surface area contributed by atoms with Crippen LogP contribution in [0.5, 0.6) is 5.75 Å². The zero-order valence-corrected chi connectivity index (χ0v) is 12.3. The number of amides is 1. The van der Waals surface area contributed by atoms with Crippen LogP contribution >= 0.6 is 0 Å². The second-order valence-corrected chi connectivity index (χ2v) is 4.72. The molecule has 1 aromatic rings. The molecule has 1 atom stereocenters. The molecule has 21 heavy (non-hydrogen) atoms. The molecule has 116 valence electrons. The molecule has 1 aromatic carbocycles. The van der Waals surface area contributed by atoms with Crippen LogP contribution in [0.4, 0.5) is 0 Å². The van der Waals surface area contributed by atoms with Gasteiger partial charge >= 0.3 is 5.97 Å². The van der Waals surface area contributed by atoms with E-state index in [2.05, 4.69) is 5.32 Å². The molecule has 0 aliphatic carbocycles. The summed E-state index contributed by atoms with van der Waals surface area (Å²) in [5.74, 6) is -0.689. The minimum absolute atomic E-state index is 0.0294. The fraction of sp³-hybridized carbons (Fsp3) is 0.467. The maximum absolute atomic E-state index is 11.7. The molecule has 1 rings (SSSR count). The van der Waals surface area contributed by atoms with Crippen LogP contribution < -0.4 is 10.1 Å². The molecule has 0 heterocycles. The number of hydrogen-bond acceptors (Lipinski definition) is 4. The van der Waals surface area contributed by atoms with Gasteiger partial charge in [-0.25, -0.2) is 4.79 Å². The monoisotopic (exact) mass is 295 g/mol. The number of hydrogen-bond donors (Lipinski definition) is 2. The van der Waals surface area contributed by atoms with E-state index in [9.17, 15) is 9.59 Å². The fourth-order valence-electron chi connectivity index (χ4n) is 1.73. The highest BCUT2D eigenvalue weighted by Crippen LogP contribution is 2.12. The molecule has 0 spiro atoms. The molecule has 1 unspecified atom stereocenters. The first-order valence-electron chi connectivity index (χ1n) is 6.73. The van der Waals surface area contributed by atoms with E-state index in [1.54, 1.807) is 19.2 Å². The molecular weight excluding hydrogens is 274 g/mol. The van der Waals surface area contributed by atoms with Gasteiger partial charge in [0.05, 0.1) is 12.5 Å². The molecule has 6 nitrogen and oxygen atoms in total. The second kappa shape index (κ2) is 8.97. The largest absolute Gasteiger partial charge is 0.482 e. The van der Waals surface area contributed by atoms with Crippen LogP contribution in [0.1, 0.15) is 12.5 Å². The smallest absolute Gasteiger partial charge is 0.341 e. The van der Waals surface area contributed by atoms with Crippen molar-refractivity contribution in [3.05, 3.63) is 29.8 Å². The quantitative estimate of drug-likeness (QED) is 0.712. The van der Waals surface area contributed by atoms with Gasteiger partial charge in [0.15, 0.2) is 6.61 Å². The van der Waals surface area contributed by atoms with Crippen molar-refractivity contribution in [1.82, 2.24) is 5.32 Å². The highest BCUT2D eigenvalue weighted by atomic mass is 16.5. The summed E-state index contributed by atoms with van der Waals surface area (Å²) in [5, 5.41) is 11.3. The second-order valence-electron chi connectivity index (χ2n) is 4.72. The maximum Gasteiger partial charge on any atom is 0.341 e. The van der Waals surface area contributed by atoms with Gasteiger partial charge in [0.1, 0.15) is 5.75 Å². The van der Waals surface area contributed by atoms with Gasteiger partial charge in [0.2, 0.25) is 5.91 Å². The number of methoxy groups -OCH3 is 1. The lowest BCUT2D eigenvalue weighted by atomic mass is 10.1. The van der Waals surface area contributed by atoms with Crippen LogP contribution in [0.3, 0.4) is 0 Å². The fourth-order valence-corrected chi connectivity index (χ4v) is 1.73. The van der Waals surface area contributed by atoms with Gasteiger partial charge in [-0.2, -0.15) is 0 Å². The first kappa shape index (κ1) is 17.0. The molecule has 0 aliphatic rings. The van der Waals surface area contributed by atoms with E-state index < -0.39 is 5.97 Å². The lowest BCUT2D eigenvalue weighted by Gasteiger charge is -2.11. The highest BCUT2D eigenvalue weighted by molar-refractivity contribution is 5.78. The number of carbonyl (C=O) groups is 2. The third-order valence-corrected chi connectivity index (χ3v) is 2.86. The summed E-state index contributed by atoms with van der Waals surface area (Å²) in [5.41, 5.74) is 1.04. The third-order valence-electron chi connectivity index (χ3n) is 2.86. The first-order chi connectivity index (χ1) is 10.0. The molecule has 0 radical (unpaired) electrons. The maximum atomic E-state index is 11.7. The van der Waals surface area contributed by atoms with Crippen molar-refractivity contribution in [2.24, 2.45) is 5.92 Å². The number of benzene rings is 1. The average Bonchev–Trinajstić information content (AvgIpc) is 2.46. The topological polar surface area (TPSA) is 84.9 Å². The molecular formula is C15H21NO5. The van der Waals surface area contributed by atoms with Crippen molar-refractivity contribution in [2.75, 3.05) is 26.9 Å². The Hall–Kier alpha value is -2.08. The molecule has 0 aliphatic heterocycles. The van der Waals surface area contributed by atoms with Gasteiger partial charge in [-0.15, -0.1) is 0 Å². The van der Waals surface area contributed by atoms with E-state index in [0.717, 1.165) is 5.56 Å². The summed E-state index contributed by atoms with van der Waals surface area (Å²) in [7, 11) is 1.57. The van der Waals surface area contributed by atoms with E-state index in [4.69, 9.17) is 14.6 Å². The van der Waals surface area contributed by atoms with Crippen LogP contribution in [-0.4, -0.2) is 43.9 Å². The lowest BCUT2D eigenvalue weighted by molar-refractivity contribution is -0.139. The van der Waals surface area contributed by atoms with Gasteiger partial charge in [-0.05, 0) is 24.1 Å². The summed E-state index contributed by atoms with van der Waals surface area (Å²) >= 11 is 0. The Balaban J connectivity index is 2.32. The van der Waals surface area contributed by atoms with E-state index in [-0.39, 0.29) is 18.4 Å². The van der Waals surface area contributed by atoms with E-state index in [1.807, 2.05) is 19.1 Å². The van der Waals surface area contributed by atoms with Crippen molar-refractivity contribution < 1.29 is 24.2 Å². The third kappa shape index (κ3) is 6.76. The number of carbonyl (C=O) groups excluding carboxylic acids is 1. The van der Waals surface area contributed by atoms with E-state index in [0.29, 0.717) is 25.3 Å². The zero-order valence-electron chi connectivity index (χ0n) is 12.3. The van der Waals surface area contributed by atoms with E-state index >= 15 is 0 Å². The van der Waals surface area contributed by atoms with Crippen LogP contribution in [0, 0.1) is 5.92 Å². The van der Waals surface area contributed by atoms with Crippen LogP contribution in [0.15, 0.2) is 24.3 Å². The SMILES string of the molecule is COCC(C)C(=O)NCCc1ccc(OCC(=O)O)cc1. The number of aliphatic carboxylic acids is 1. The van der Waals surface area contributed by atoms with Crippen molar-refractivity contribution in [3.63, 3.8) is 0 Å². The molecule has 0 bridgehead atoms. The van der Waals surface area contributed by atoms with Gasteiger partial charge in [0, 0.05) is 13.7 Å². The highest BCUT2D eigenvalue weighted by Gasteiger charge is 2.11. The van der Waals surface area contributed by atoms with E-state index in [1.165, 1.54) is 0 Å². The Morgan fingerprint density at radius 3 is 2.52 bits per heavy atom. The van der Waals surface area contributed by atoms with Crippen LogP contribution in [-0.2, 0) is 20.7 Å². The number of carboxylic acids is 1. The number of ether oxygens (including phenoxy) is 2. The first-order valence-corrected chi connectivity index (χ1v) is 6.73. The summed E-state index contributed by atoms with van der Waals surface area (Å²) < 4.78 is 9.97. The standard InChI is InChI=1S/C15H21NO5/c1-11(9-20-2)15(19)16-8-7-12-3-5-13(6-4-12)21-10-14(17)18/h3-6,11H,7-10H2,1-2H3,(H,16,19)(H,17,18). The van der Waals surface area contributed by atoms with Gasteiger partial charge in [0.25, 0.3) is 0 Å². The Morgan fingerprint density at radius 2 is 1.95 bits per heavy atom. The molecule has 0 fully saturated rings. The summed E-state index contributed by atoms with van der Waals surface area (Å²) in [4.78, 5) is 22.0. The van der Waals surface area contributed by atoms with Gasteiger partial charge < -0.3 is 19.9 Å². The summed E-state index contributed by atoms with van der Waals surface area (Å²) in [6.45, 7) is 2.41. The van der Waals surface area contributed by atoms with Crippen molar-refractivity contribution in [1.29, 1.82) is 0 Å². The number of rotatable bonds is 9. The molecule has 0 aromatic heterocycles. The van der Waals surface area contributed by atoms with Crippen LogP contribution in [0.2, 0.25) is 0 Å². The molecule has 0 saturated heterocycles. The predicted molar refractivity (Wildman–Crippen MR) is 77.3 cm³/mol. The normalized spacial score (nSPS) is 11.7. The number of nitrogens with one attached hydrogen (secondary N) is 1. The summed E-state index contributed by atoms with van der Waals surface area (Å²) in [6, 6.07) is 7.13.